The van der Waals surface area contributed by atoms with E-state index in [-0.39, 0.29) is 34.5 Å². The van der Waals surface area contributed by atoms with Crippen LogP contribution >= 0.6 is 0 Å². The van der Waals surface area contributed by atoms with Gasteiger partial charge in [0.25, 0.3) is 0 Å². The van der Waals surface area contributed by atoms with Crippen LogP contribution in [0.5, 0.6) is 0 Å². The van der Waals surface area contributed by atoms with E-state index in [1.54, 1.807) is 0 Å². The molecule has 2 aromatic carbocycles. The summed E-state index contributed by atoms with van der Waals surface area (Å²) in [6.07, 6.45) is 2.99. The maximum absolute atomic E-state index is 14.1. The molecule has 30 heavy (non-hydrogen) atoms. The van der Waals surface area contributed by atoms with E-state index in [0.29, 0.717) is 0 Å². The molecule has 0 saturated carbocycles. The van der Waals surface area contributed by atoms with Crippen LogP contribution in [0, 0.1) is 5.82 Å². The lowest BCUT2D eigenvalue weighted by molar-refractivity contribution is -0.117. The highest BCUT2D eigenvalue weighted by molar-refractivity contribution is 7.90. The number of carbonyl (C=O) groups is 1. The number of carbonyl (C=O) groups excluding carboxylic acids is 1. The Morgan fingerprint density at radius 2 is 1.83 bits per heavy atom. The molecule has 1 atom stereocenters. The highest BCUT2D eigenvalue weighted by Gasteiger charge is 2.28. The van der Waals surface area contributed by atoms with Crippen molar-refractivity contribution in [2.45, 2.75) is 50.0 Å². The van der Waals surface area contributed by atoms with Gasteiger partial charge in [0.05, 0.1) is 17.1 Å². The number of hydrogen-bond donors (Lipinski definition) is 1. The fourth-order valence-corrected chi connectivity index (χ4v) is 4.45. The molecule has 162 valence electrons. The van der Waals surface area contributed by atoms with Crippen molar-refractivity contribution in [2.75, 3.05) is 24.7 Å². The summed E-state index contributed by atoms with van der Waals surface area (Å²) >= 11 is 0. The van der Waals surface area contributed by atoms with Crippen LogP contribution in [0.2, 0.25) is 0 Å². The van der Waals surface area contributed by atoms with E-state index in [1.165, 1.54) is 17.2 Å². The third-order valence-corrected chi connectivity index (χ3v) is 6.62. The van der Waals surface area contributed by atoms with Crippen LogP contribution in [0.25, 0.3) is 0 Å². The van der Waals surface area contributed by atoms with Gasteiger partial charge >= 0.3 is 0 Å². The number of sulfone groups is 1. The maximum Gasteiger partial charge on any atom is 0.238 e. The molecule has 1 fully saturated rings. The van der Waals surface area contributed by atoms with Crippen LogP contribution in [0.15, 0.2) is 47.4 Å². The van der Waals surface area contributed by atoms with Crippen LogP contribution in [0.1, 0.15) is 50.8 Å². The molecule has 2 aromatic rings. The minimum absolute atomic E-state index is 0.0304. The zero-order chi connectivity index (χ0) is 22.1. The Balaban J connectivity index is 1.71. The number of nitrogens with one attached hydrogen (secondary N) is 1. The summed E-state index contributed by atoms with van der Waals surface area (Å²) in [5.41, 5.74) is 2.39. The van der Waals surface area contributed by atoms with Crippen molar-refractivity contribution in [3.63, 3.8) is 0 Å². The van der Waals surface area contributed by atoms with Gasteiger partial charge in [-0.3, -0.25) is 9.69 Å². The van der Waals surface area contributed by atoms with Crippen molar-refractivity contribution >= 4 is 21.4 Å². The van der Waals surface area contributed by atoms with Crippen molar-refractivity contribution in [2.24, 2.45) is 0 Å². The molecule has 1 unspecified atom stereocenters. The molecule has 0 spiro atoms. The minimum atomic E-state index is -3.49. The van der Waals surface area contributed by atoms with Gasteiger partial charge in [-0.15, -0.1) is 0 Å². The van der Waals surface area contributed by atoms with Crippen LogP contribution in [-0.2, 0) is 20.0 Å². The highest BCUT2D eigenvalue weighted by atomic mass is 32.2. The van der Waals surface area contributed by atoms with Gasteiger partial charge < -0.3 is 5.32 Å². The summed E-state index contributed by atoms with van der Waals surface area (Å²) in [5, 5.41) is 2.53. The quantitative estimate of drug-likeness (QED) is 0.716. The van der Waals surface area contributed by atoms with Crippen LogP contribution < -0.4 is 5.32 Å². The lowest BCUT2D eigenvalue weighted by atomic mass is 9.86. The molecule has 0 radical (unpaired) electrons. The van der Waals surface area contributed by atoms with Gasteiger partial charge in [0.1, 0.15) is 5.82 Å². The number of anilines is 1. The van der Waals surface area contributed by atoms with E-state index in [2.05, 4.69) is 55.3 Å². The molecule has 0 aliphatic carbocycles. The molecule has 0 aromatic heterocycles. The molecule has 1 aliphatic heterocycles. The maximum atomic E-state index is 14.1. The predicted octanol–water partition coefficient (Wildman–Crippen LogP) is 4.30. The average Bonchev–Trinajstić information content (AvgIpc) is 3.10. The monoisotopic (exact) mass is 432 g/mol. The van der Waals surface area contributed by atoms with E-state index in [1.807, 2.05) is 0 Å². The molecule has 1 amide bonds. The molecule has 5 nitrogen and oxygen atoms in total. The van der Waals surface area contributed by atoms with Crippen LogP contribution in [0.4, 0.5) is 10.1 Å². The first kappa shape index (κ1) is 22.4. The second-order valence-electron chi connectivity index (χ2n) is 8.96. The van der Waals surface area contributed by atoms with Gasteiger partial charge in [0, 0.05) is 12.3 Å². The fraction of sp³-hybridized carbons (Fsp3) is 0.435. The van der Waals surface area contributed by atoms with Gasteiger partial charge in [-0.25, -0.2) is 12.8 Å². The van der Waals surface area contributed by atoms with E-state index in [9.17, 15) is 17.6 Å². The molecule has 1 N–H and O–H groups in total. The van der Waals surface area contributed by atoms with Gasteiger partial charge in [0.2, 0.25) is 5.91 Å². The fourth-order valence-electron chi connectivity index (χ4n) is 3.80. The lowest BCUT2D eigenvalue weighted by Gasteiger charge is -2.25. The van der Waals surface area contributed by atoms with E-state index >= 15 is 0 Å². The van der Waals surface area contributed by atoms with E-state index in [4.69, 9.17) is 0 Å². The Morgan fingerprint density at radius 1 is 1.17 bits per heavy atom. The van der Waals surface area contributed by atoms with E-state index < -0.39 is 15.7 Å². The van der Waals surface area contributed by atoms with Crippen LogP contribution in [0.3, 0.4) is 0 Å². The number of hydrogen-bond acceptors (Lipinski definition) is 4. The van der Waals surface area contributed by atoms with Gasteiger partial charge in [-0.1, -0.05) is 45.0 Å². The van der Waals surface area contributed by atoms with Crippen molar-refractivity contribution in [1.29, 1.82) is 0 Å². The first-order chi connectivity index (χ1) is 13.9. The molecule has 1 saturated heterocycles. The summed E-state index contributed by atoms with van der Waals surface area (Å²) in [7, 11) is -3.49. The molecular formula is C23H29FN2O3S. The first-order valence-electron chi connectivity index (χ1n) is 10.1. The second-order valence-corrected chi connectivity index (χ2v) is 11.0. The smallest absolute Gasteiger partial charge is 0.238 e. The third-order valence-electron chi connectivity index (χ3n) is 5.51. The van der Waals surface area contributed by atoms with Crippen LogP contribution in [-0.4, -0.2) is 38.6 Å². The lowest BCUT2D eigenvalue weighted by Crippen LogP contribution is -2.33. The molecule has 3 rings (SSSR count). The van der Waals surface area contributed by atoms with Crippen molar-refractivity contribution in [1.82, 2.24) is 4.90 Å². The average molecular weight is 433 g/mol. The van der Waals surface area contributed by atoms with Crippen molar-refractivity contribution in [3.8, 4) is 0 Å². The largest absolute Gasteiger partial charge is 0.322 e. The molecular weight excluding hydrogens is 403 g/mol. The van der Waals surface area contributed by atoms with Gasteiger partial charge in [-0.05, 0) is 54.1 Å². The highest BCUT2D eigenvalue weighted by Crippen LogP contribution is 2.33. The van der Waals surface area contributed by atoms with E-state index in [0.717, 1.165) is 37.8 Å². The number of nitrogens with zero attached hydrogens (tertiary/aromatic N) is 1. The zero-order valence-electron chi connectivity index (χ0n) is 17.9. The number of benzene rings is 2. The number of likely N-dealkylation sites (tertiary alicyclic amines) is 1. The molecule has 0 bridgehead atoms. The predicted molar refractivity (Wildman–Crippen MR) is 117 cm³/mol. The van der Waals surface area contributed by atoms with Gasteiger partial charge in [-0.2, -0.15) is 0 Å². The number of halogens is 1. The first-order valence-corrected chi connectivity index (χ1v) is 12.0. The number of rotatable bonds is 5. The molecule has 1 aliphatic rings. The minimum Gasteiger partial charge on any atom is -0.322 e. The Morgan fingerprint density at radius 3 is 2.43 bits per heavy atom. The van der Waals surface area contributed by atoms with Gasteiger partial charge in [0.15, 0.2) is 9.84 Å². The summed E-state index contributed by atoms with van der Waals surface area (Å²) in [5.74, 6) is -1.02. The zero-order valence-corrected chi connectivity index (χ0v) is 18.7. The number of amides is 1. The standard InChI is InChI=1S/C23H29FN2O3S/c1-23(2,3)17-9-7-16(8-10-17)21-6-5-13-26(21)15-22(27)25-20-14-18(30(4,28)29)11-12-19(20)24/h7-12,14,21H,5-6,13,15H2,1-4H3,(H,25,27). The third kappa shape index (κ3) is 5.26. The SMILES string of the molecule is CC(C)(C)c1ccc(C2CCCN2CC(=O)Nc2cc(S(C)(=O)=O)ccc2F)cc1. The summed E-state index contributed by atoms with van der Waals surface area (Å²) in [6, 6.07) is 12.1. The Hall–Kier alpha value is -2.25. The second kappa shape index (κ2) is 8.47. The topological polar surface area (TPSA) is 66.5 Å². The molecule has 1 heterocycles. The summed E-state index contributed by atoms with van der Waals surface area (Å²) in [6.45, 7) is 7.42. The summed E-state index contributed by atoms with van der Waals surface area (Å²) < 4.78 is 37.5. The normalized spacial score (nSPS) is 17.8. The van der Waals surface area contributed by atoms with Crippen molar-refractivity contribution in [3.05, 3.63) is 59.4 Å². The van der Waals surface area contributed by atoms with Crippen molar-refractivity contribution < 1.29 is 17.6 Å². The Labute approximate surface area is 178 Å². The summed E-state index contributed by atoms with van der Waals surface area (Å²) in [4.78, 5) is 14.6. The Bertz CT molecular complexity index is 1030. The Kier molecular flexibility index (Phi) is 6.34. The molecule has 7 heteroatoms.